The van der Waals surface area contributed by atoms with Crippen molar-refractivity contribution in [3.63, 3.8) is 0 Å². The van der Waals surface area contributed by atoms with E-state index >= 15 is 0 Å². The summed E-state index contributed by atoms with van der Waals surface area (Å²) in [5, 5.41) is 24.6. The van der Waals surface area contributed by atoms with Crippen molar-refractivity contribution in [3.8, 4) is 5.88 Å². The predicted octanol–water partition coefficient (Wildman–Crippen LogP) is 4.12. The molecule has 0 spiro atoms. The maximum atomic E-state index is 11.4. The molecule has 0 aliphatic heterocycles. The maximum Gasteiger partial charge on any atom is 0.238 e. The van der Waals surface area contributed by atoms with E-state index < -0.39 is 10.0 Å². The maximum absolute atomic E-state index is 11.4. The molecule has 0 radical (unpaired) electrons. The molecule has 4 N–H and O–H groups in total. The van der Waals surface area contributed by atoms with Crippen molar-refractivity contribution < 1.29 is 13.5 Å². The standard InChI is InChI=1S/C21H19N5O3S/c22-30(28,29)17-8-6-16(7-9-17)25-26-20-19-15(2-1-3-18(19)24-21(20)27)5-4-14-10-12-23-13-11-14/h1-3,6-13,24,27H,4-5H2,(H2,22,28,29). The van der Waals surface area contributed by atoms with Gasteiger partial charge < -0.3 is 10.1 Å². The summed E-state index contributed by atoms with van der Waals surface area (Å²) in [5.41, 5.74) is 3.73. The van der Waals surface area contributed by atoms with Crippen molar-refractivity contribution in [2.45, 2.75) is 17.7 Å². The van der Waals surface area contributed by atoms with Crippen LogP contribution < -0.4 is 5.14 Å². The van der Waals surface area contributed by atoms with Gasteiger partial charge in [0, 0.05) is 17.8 Å². The lowest BCUT2D eigenvalue weighted by Crippen LogP contribution is -2.11. The van der Waals surface area contributed by atoms with Crippen molar-refractivity contribution in [2.75, 3.05) is 0 Å². The highest BCUT2D eigenvalue weighted by atomic mass is 32.2. The SMILES string of the molecule is NS(=O)(=O)c1ccc(N=Nc2c(O)[nH]c3cccc(CCc4ccncc4)c23)cc1. The zero-order valence-corrected chi connectivity index (χ0v) is 16.7. The summed E-state index contributed by atoms with van der Waals surface area (Å²) in [4.78, 5) is 6.96. The lowest BCUT2D eigenvalue weighted by molar-refractivity contribution is 0.459. The zero-order chi connectivity index (χ0) is 21.1. The number of rotatable bonds is 6. The van der Waals surface area contributed by atoms with Gasteiger partial charge in [0.2, 0.25) is 15.9 Å². The van der Waals surface area contributed by atoms with Crippen molar-refractivity contribution >= 4 is 32.3 Å². The van der Waals surface area contributed by atoms with E-state index in [-0.39, 0.29) is 10.8 Å². The van der Waals surface area contributed by atoms with Crippen molar-refractivity contribution in [3.05, 3.63) is 78.1 Å². The number of azo groups is 1. The molecule has 9 heteroatoms. The number of aromatic nitrogens is 2. The number of hydrogen-bond donors (Lipinski definition) is 3. The summed E-state index contributed by atoms with van der Waals surface area (Å²) in [6, 6.07) is 15.5. The number of sulfonamides is 1. The molecule has 0 saturated heterocycles. The third kappa shape index (κ3) is 4.22. The van der Waals surface area contributed by atoms with Crippen LogP contribution in [0.2, 0.25) is 0 Å². The van der Waals surface area contributed by atoms with Crippen molar-refractivity contribution in [2.24, 2.45) is 15.4 Å². The van der Waals surface area contributed by atoms with E-state index in [1.807, 2.05) is 30.3 Å². The summed E-state index contributed by atoms with van der Waals surface area (Å²) in [7, 11) is -3.77. The van der Waals surface area contributed by atoms with Crippen LogP contribution in [0.25, 0.3) is 10.9 Å². The van der Waals surface area contributed by atoms with E-state index in [0.29, 0.717) is 11.4 Å². The first kappa shape index (κ1) is 19.7. The number of aryl methyl sites for hydroxylation is 2. The second-order valence-electron chi connectivity index (χ2n) is 6.76. The van der Waals surface area contributed by atoms with Gasteiger partial charge >= 0.3 is 0 Å². The lowest BCUT2D eigenvalue weighted by atomic mass is 10.0. The first-order valence-corrected chi connectivity index (χ1v) is 10.7. The fourth-order valence-electron chi connectivity index (χ4n) is 3.23. The number of nitrogens with zero attached hydrogens (tertiary/aromatic N) is 3. The van der Waals surface area contributed by atoms with Crippen molar-refractivity contribution in [1.82, 2.24) is 9.97 Å². The molecule has 0 amide bonds. The largest absolute Gasteiger partial charge is 0.493 e. The zero-order valence-electron chi connectivity index (χ0n) is 15.9. The third-order valence-corrected chi connectivity index (χ3v) is 5.66. The molecule has 2 heterocycles. The lowest BCUT2D eigenvalue weighted by Gasteiger charge is -2.05. The van der Waals surface area contributed by atoms with Crippen LogP contribution in [0.15, 0.2) is 82.1 Å². The Morgan fingerprint density at radius 3 is 2.40 bits per heavy atom. The minimum atomic E-state index is -3.77. The highest BCUT2D eigenvalue weighted by Crippen LogP contribution is 2.38. The van der Waals surface area contributed by atoms with Gasteiger partial charge in [-0.05, 0) is 66.4 Å². The van der Waals surface area contributed by atoms with Gasteiger partial charge in [0.25, 0.3) is 0 Å². The van der Waals surface area contributed by atoms with Gasteiger partial charge in [-0.2, -0.15) is 5.11 Å². The Hall–Kier alpha value is -3.56. The topological polar surface area (TPSA) is 134 Å². The molecule has 30 heavy (non-hydrogen) atoms. The van der Waals surface area contributed by atoms with E-state index in [9.17, 15) is 13.5 Å². The first-order chi connectivity index (χ1) is 14.4. The summed E-state index contributed by atoms with van der Waals surface area (Å²) >= 11 is 0. The summed E-state index contributed by atoms with van der Waals surface area (Å²) in [6.45, 7) is 0. The van der Waals surface area contributed by atoms with E-state index in [1.54, 1.807) is 12.4 Å². The van der Waals surface area contributed by atoms with Gasteiger partial charge in [-0.15, -0.1) is 5.11 Å². The Balaban J connectivity index is 1.65. The predicted molar refractivity (Wildman–Crippen MR) is 114 cm³/mol. The van der Waals surface area contributed by atoms with Gasteiger partial charge in [-0.25, -0.2) is 13.6 Å². The molecular formula is C21H19N5O3S. The van der Waals surface area contributed by atoms with Crippen LogP contribution in [-0.2, 0) is 22.9 Å². The minimum Gasteiger partial charge on any atom is -0.493 e. The molecule has 0 fully saturated rings. The van der Waals surface area contributed by atoms with Gasteiger partial charge in [0.05, 0.1) is 16.1 Å². The van der Waals surface area contributed by atoms with Crippen LogP contribution in [0.3, 0.4) is 0 Å². The molecule has 0 unspecified atom stereocenters. The number of pyridine rings is 1. The molecule has 0 atom stereocenters. The van der Waals surface area contributed by atoms with Crippen LogP contribution in [0.1, 0.15) is 11.1 Å². The van der Waals surface area contributed by atoms with Crippen LogP contribution in [0.5, 0.6) is 5.88 Å². The Labute approximate surface area is 173 Å². The summed E-state index contributed by atoms with van der Waals surface area (Å²) in [5.74, 6) is -0.0775. The molecule has 8 nitrogen and oxygen atoms in total. The Morgan fingerprint density at radius 2 is 1.70 bits per heavy atom. The molecular weight excluding hydrogens is 402 g/mol. The van der Waals surface area contributed by atoms with Gasteiger partial charge in [0.1, 0.15) is 0 Å². The number of hydrogen-bond acceptors (Lipinski definition) is 6. The summed E-state index contributed by atoms with van der Waals surface area (Å²) in [6.07, 6.45) is 5.10. The van der Waals surface area contributed by atoms with E-state index in [4.69, 9.17) is 5.14 Å². The molecule has 4 aromatic rings. The number of primary sulfonamides is 1. The monoisotopic (exact) mass is 421 g/mol. The fourth-order valence-corrected chi connectivity index (χ4v) is 3.75. The van der Waals surface area contributed by atoms with E-state index in [1.165, 1.54) is 29.8 Å². The Morgan fingerprint density at radius 1 is 0.967 bits per heavy atom. The summed E-state index contributed by atoms with van der Waals surface area (Å²) < 4.78 is 22.7. The molecule has 0 saturated carbocycles. The number of nitrogens with one attached hydrogen (secondary N) is 1. The second kappa shape index (κ2) is 8.05. The number of aromatic hydroxyl groups is 1. The smallest absolute Gasteiger partial charge is 0.238 e. The third-order valence-electron chi connectivity index (χ3n) is 4.73. The molecule has 0 aliphatic rings. The van der Waals surface area contributed by atoms with Crippen molar-refractivity contribution in [1.29, 1.82) is 0 Å². The fraction of sp³-hybridized carbons (Fsp3) is 0.0952. The average Bonchev–Trinajstić information content (AvgIpc) is 3.06. The van der Waals surface area contributed by atoms with Crippen LogP contribution in [0.4, 0.5) is 11.4 Å². The number of aromatic amines is 1. The highest BCUT2D eigenvalue weighted by molar-refractivity contribution is 7.89. The Bertz CT molecular complexity index is 1310. The normalized spacial score (nSPS) is 12.0. The first-order valence-electron chi connectivity index (χ1n) is 9.18. The molecule has 152 valence electrons. The molecule has 0 aliphatic carbocycles. The number of nitrogens with two attached hydrogens (primary N) is 1. The van der Waals surface area contributed by atoms with Crippen LogP contribution in [-0.4, -0.2) is 23.5 Å². The van der Waals surface area contributed by atoms with Gasteiger partial charge in [-0.3, -0.25) is 4.98 Å². The Kier molecular flexibility index (Phi) is 5.30. The van der Waals surface area contributed by atoms with E-state index in [2.05, 4.69) is 20.2 Å². The molecule has 4 rings (SSSR count). The van der Waals surface area contributed by atoms with Gasteiger partial charge in [-0.1, -0.05) is 12.1 Å². The molecule has 2 aromatic carbocycles. The van der Waals surface area contributed by atoms with Crippen LogP contribution >= 0.6 is 0 Å². The molecule has 2 aromatic heterocycles. The minimum absolute atomic E-state index is 0.00482. The van der Waals surface area contributed by atoms with Crippen LogP contribution in [0, 0.1) is 0 Å². The number of benzene rings is 2. The highest BCUT2D eigenvalue weighted by Gasteiger charge is 2.14. The van der Waals surface area contributed by atoms with Gasteiger partial charge in [0.15, 0.2) is 5.69 Å². The molecule has 0 bridgehead atoms. The van der Waals surface area contributed by atoms with E-state index in [0.717, 1.165) is 29.3 Å². The number of fused-ring (bicyclic) bond motifs is 1. The number of H-pyrrole nitrogens is 1. The average molecular weight is 421 g/mol. The second-order valence-corrected chi connectivity index (χ2v) is 8.32. The quantitative estimate of drug-likeness (QED) is 0.404.